The van der Waals surface area contributed by atoms with Gasteiger partial charge in [-0.3, -0.25) is 14.8 Å². The first-order valence-corrected chi connectivity index (χ1v) is 13.7. The van der Waals surface area contributed by atoms with Crippen LogP contribution in [0.25, 0.3) is 5.65 Å². The fourth-order valence-electron chi connectivity index (χ4n) is 5.23. The van der Waals surface area contributed by atoms with E-state index in [1.807, 2.05) is 0 Å². The fraction of sp³-hybridized carbons (Fsp3) is 0.440. The lowest BCUT2D eigenvalue weighted by Crippen LogP contribution is -2.60. The fourth-order valence-corrected chi connectivity index (χ4v) is 8.63. The van der Waals surface area contributed by atoms with Crippen molar-refractivity contribution in [3.63, 3.8) is 0 Å². The molecule has 0 saturated heterocycles. The van der Waals surface area contributed by atoms with Gasteiger partial charge in [-0.25, -0.2) is 17.9 Å². The second kappa shape index (κ2) is 8.34. The van der Waals surface area contributed by atoms with Crippen molar-refractivity contribution in [1.82, 2.24) is 14.4 Å². The zero-order valence-corrected chi connectivity index (χ0v) is 22.2. The Morgan fingerprint density at radius 1 is 1.25 bits per heavy atom. The molecule has 2 aliphatic rings. The molecule has 36 heavy (non-hydrogen) atoms. The summed E-state index contributed by atoms with van der Waals surface area (Å²) in [7, 11) is -2.86. The van der Waals surface area contributed by atoms with Gasteiger partial charge in [-0.2, -0.15) is 0 Å². The van der Waals surface area contributed by atoms with Gasteiger partial charge in [0.15, 0.2) is 5.78 Å². The van der Waals surface area contributed by atoms with Crippen molar-refractivity contribution < 1.29 is 13.4 Å². The van der Waals surface area contributed by atoms with Crippen LogP contribution >= 0.6 is 11.6 Å². The van der Waals surface area contributed by atoms with Crippen LogP contribution in [0, 0.1) is 12.7 Å². The number of aromatic nitrogens is 3. The molecule has 0 unspecified atom stereocenters. The number of halogens is 2. The first-order chi connectivity index (χ1) is 16.9. The van der Waals surface area contributed by atoms with Crippen LogP contribution in [0.1, 0.15) is 61.2 Å². The predicted octanol–water partition coefficient (Wildman–Crippen LogP) is 4.25. The summed E-state index contributed by atoms with van der Waals surface area (Å²) < 4.78 is 34.8. The van der Waals surface area contributed by atoms with Crippen LogP contribution in [0.15, 0.2) is 39.8 Å². The summed E-state index contributed by atoms with van der Waals surface area (Å²) in [5, 5.41) is -0.0268. The average molecular weight is 531 g/mol. The normalized spacial score (nSPS) is 27.3. The van der Waals surface area contributed by atoms with Crippen LogP contribution < -0.4 is 5.73 Å². The van der Waals surface area contributed by atoms with E-state index in [0.717, 1.165) is 6.42 Å². The standard InChI is InChI=1S/C25H28ClFN6O2S/c1-14-21(31-20-10-7-15(26)13-33(14)20)18(34)12-16-8-9-17(27)22(30-16)25(4)19-6-5-11-29-36(19,35)24(2,3)23(28)32-25/h7-10,13,19H,5-6,11-12H2,1-4H3,(H2,28,32)/t19-,25-,36-/m0/s1. The van der Waals surface area contributed by atoms with Crippen LogP contribution in [-0.4, -0.2) is 46.7 Å². The zero-order valence-electron chi connectivity index (χ0n) is 20.6. The number of hydrogen-bond donors (Lipinski definition) is 1. The highest BCUT2D eigenvalue weighted by atomic mass is 35.5. The molecule has 0 aromatic carbocycles. The molecule has 0 fully saturated rings. The summed E-state index contributed by atoms with van der Waals surface area (Å²) in [4.78, 5) is 26.9. The van der Waals surface area contributed by atoms with E-state index in [2.05, 4.69) is 14.3 Å². The maximum Gasteiger partial charge on any atom is 0.188 e. The SMILES string of the molecule is Cc1c(C(=O)Cc2ccc(F)c([C@@]3(C)N=C(N)C(C)(C)[S@]4(=O)=NCCC[C@@H]34)n2)nc2ccc(Cl)cn12. The maximum atomic E-state index is 15.3. The third-order valence-corrected chi connectivity index (χ3v) is 11.4. The molecule has 0 radical (unpaired) electrons. The highest BCUT2D eigenvalue weighted by Gasteiger charge is 2.56. The molecule has 190 valence electrons. The molecule has 11 heteroatoms. The lowest BCUT2D eigenvalue weighted by molar-refractivity contribution is 0.0987. The lowest BCUT2D eigenvalue weighted by Gasteiger charge is -2.47. The molecule has 0 aliphatic carbocycles. The summed E-state index contributed by atoms with van der Waals surface area (Å²) in [5.74, 6) is -0.679. The number of hydrogen-bond acceptors (Lipinski definition) is 7. The van der Waals surface area contributed by atoms with Crippen LogP contribution in [0.5, 0.6) is 0 Å². The number of nitrogens with zero attached hydrogens (tertiary/aromatic N) is 5. The van der Waals surface area contributed by atoms with Gasteiger partial charge in [0.2, 0.25) is 0 Å². The van der Waals surface area contributed by atoms with E-state index in [-0.39, 0.29) is 23.7 Å². The average Bonchev–Trinajstić information content (AvgIpc) is 3.15. The zero-order chi connectivity index (χ0) is 26.0. The molecule has 3 aromatic rings. The molecule has 0 amide bonds. The van der Waals surface area contributed by atoms with Gasteiger partial charge in [0, 0.05) is 18.4 Å². The van der Waals surface area contributed by atoms with Crippen molar-refractivity contribution in [3.05, 3.63) is 64.1 Å². The van der Waals surface area contributed by atoms with Gasteiger partial charge >= 0.3 is 0 Å². The minimum absolute atomic E-state index is 0.0274. The van der Waals surface area contributed by atoms with Crippen LogP contribution in [0.3, 0.4) is 0 Å². The topological polar surface area (TPSA) is 115 Å². The van der Waals surface area contributed by atoms with E-state index in [1.165, 1.54) is 12.1 Å². The number of imidazole rings is 1. The summed E-state index contributed by atoms with van der Waals surface area (Å²) in [6.07, 6.45) is 2.90. The molecule has 5 heterocycles. The smallest absolute Gasteiger partial charge is 0.188 e. The number of rotatable bonds is 4. The second-order valence-electron chi connectivity index (χ2n) is 10.1. The van der Waals surface area contributed by atoms with Gasteiger partial charge in [-0.1, -0.05) is 11.6 Å². The van der Waals surface area contributed by atoms with Gasteiger partial charge in [0.25, 0.3) is 0 Å². The van der Waals surface area contributed by atoms with E-state index >= 15 is 4.39 Å². The second-order valence-corrected chi connectivity index (χ2v) is 13.5. The molecule has 0 saturated carbocycles. The first kappa shape index (κ1) is 24.8. The molecule has 0 spiro atoms. The Morgan fingerprint density at radius 3 is 2.75 bits per heavy atom. The monoisotopic (exact) mass is 530 g/mol. The van der Waals surface area contributed by atoms with Gasteiger partial charge in [-0.15, -0.1) is 0 Å². The number of Topliss-reactive ketones (excluding diaryl/α,β-unsaturated/α-hetero) is 1. The van der Waals surface area contributed by atoms with E-state index < -0.39 is 31.1 Å². The number of pyridine rings is 2. The number of amidine groups is 1. The number of nitrogens with two attached hydrogens (primary N) is 1. The number of aryl methyl sites for hydroxylation is 1. The highest BCUT2D eigenvalue weighted by molar-refractivity contribution is 7.96. The van der Waals surface area contributed by atoms with E-state index in [1.54, 1.807) is 50.4 Å². The van der Waals surface area contributed by atoms with Crippen LogP contribution in [-0.2, 0) is 21.7 Å². The van der Waals surface area contributed by atoms with Crippen molar-refractivity contribution >= 4 is 38.6 Å². The molecule has 2 aliphatic heterocycles. The van der Waals surface area contributed by atoms with Crippen LogP contribution in [0.2, 0.25) is 5.02 Å². The highest BCUT2D eigenvalue weighted by Crippen LogP contribution is 2.46. The summed E-state index contributed by atoms with van der Waals surface area (Å²) in [5.41, 5.74) is 6.98. The number of carbonyl (C=O) groups excluding carboxylic acids is 1. The molecule has 3 atom stereocenters. The molecular weight excluding hydrogens is 503 g/mol. The summed E-state index contributed by atoms with van der Waals surface area (Å²) in [6.45, 7) is 7.53. The lowest BCUT2D eigenvalue weighted by atomic mass is 9.88. The molecule has 3 aromatic heterocycles. The number of ketones is 1. The number of fused-ring (bicyclic) bond motifs is 2. The Balaban J connectivity index is 1.56. The third-order valence-electron chi connectivity index (χ3n) is 7.43. The Bertz CT molecular complexity index is 1570. The van der Waals surface area contributed by atoms with Crippen molar-refractivity contribution in [2.75, 3.05) is 6.54 Å². The van der Waals surface area contributed by atoms with Gasteiger partial charge in [0.1, 0.15) is 39.0 Å². The van der Waals surface area contributed by atoms with E-state index in [9.17, 15) is 9.00 Å². The Kier molecular flexibility index (Phi) is 5.75. The maximum absolute atomic E-state index is 15.3. The Morgan fingerprint density at radius 2 is 2.00 bits per heavy atom. The predicted molar refractivity (Wildman–Crippen MR) is 139 cm³/mol. The molecule has 2 N–H and O–H groups in total. The minimum atomic E-state index is -2.86. The molecule has 5 rings (SSSR count). The van der Waals surface area contributed by atoms with Crippen LogP contribution in [0.4, 0.5) is 4.39 Å². The van der Waals surface area contributed by atoms with Gasteiger partial charge in [-0.05, 0) is 64.8 Å². The quantitative estimate of drug-likeness (QED) is 0.506. The minimum Gasteiger partial charge on any atom is -0.386 e. The third kappa shape index (κ3) is 3.56. The van der Waals surface area contributed by atoms with Gasteiger partial charge in [0.05, 0.1) is 32.1 Å². The summed E-state index contributed by atoms with van der Waals surface area (Å²) >= 11 is 6.09. The first-order valence-electron chi connectivity index (χ1n) is 11.8. The molecular formula is C25H28ClFN6O2S. The number of aliphatic imine (C=N–C) groups is 1. The van der Waals surface area contributed by atoms with Crippen molar-refractivity contribution in [3.8, 4) is 0 Å². The Labute approximate surface area is 214 Å². The van der Waals surface area contributed by atoms with Crippen molar-refractivity contribution in [2.45, 2.75) is 62.5 Å². The summed E-state index contributed by atoms with van der Waals surface area (Å²) in [6, 6.07) is 6.20. The largest absolute Gasteiger partial charge is 0.386 e. The van der Waals surface area contributed by atoms with E-state index in [4.69, 9.17) is 22.3 Å². The number of carbonyl (C=O) groups is 1. The Hall–Kier alpha value is -2.85. The van der Waals surface area contributed by atoms with Gasteiger partial charge < -0.3 is 10.1 Å². The van der Waals surface area contributed by atoms with Crippen molar-refractivity contribution in [1.29, 1.82) is 0 Å². The molecule has 8 nitrogen and oxygen atoms in total. The van der Waals surface area contributed by atoms with Crippen molar-refractivity contribution in [2.24, 2.45) is 15.1 Å². The van der Waals surface area contributed by atoms with E-state index in [0.29, 0.717) is 40.7 Å². The molecule has 0 bridgehead atoms.